The monoisotopic (exact) mass is 508 g/mol. The van der Waals surface area contributed by atoms with Crippen LogP contribution in [0.3, 0.4) is 0 Å². The van der Waals surface area contributed by atoms with Gasteiger partial charge in [0.05, 0.1) is 25.3 Å². The molecule has 37 heavy (non-hydrogen) atoms. The SMILES string of the molecule is CCC(C)(C)n1nnnc1[C@H](c1cc2cc(OC)c(OC)cc2[nH]c1=O)N1CCCC2(CCCCC2)C1. The fourth-order valence-electron chi connectivity index (χ4n) is 6.37. The van der Waals surface area contributed by atoms with Gasteiger partial charge in [-0.05, 0) is 80.5 Å². The third-order valence-corrected chi connectivity index (χ3v) is 8.82. The Morgan fingerprint density at radius 2 is 1.76 bits per heavy atom. The first-order valence-corrected chi connectivity index (χ1v) is 13.6. The maximum absolute atomic E-state index is 13.7. The first-order chi connectivity index (χ1) is 17.8. The van der Waals surface area contributed by atoms with Crippen molar-refractivity contribution < 1.29 is 9.47 Å². The fraction of sp³-hybridized carbons (Fsp3) is 0.643. The number of H-pyrrole nitrogens is 1. The van der Waals surface area contributed by atoms with Crippen LogP contribution in [0.15, 0.2) is 23.0 Å². The fourth-order valence-corrected chi connectivity index (χ4v) is 6.37. The van der Waals surface area contributed by atoms with Crippen LogP contribution in [0.5, 0.6) is 11.5 Å². The number of nitrogens with one attached hydrogen (secondary N) is 1. The number of nitrogens with zero attached hydrogens (tertiary/aromatic N) is 5. The summed E-state index contributed by atoms with van der Waals surface area (Å²) in [6.07, 6.45) is 9.66. The Morgan fingerprint density at radius 3 is 2.46 bits per heavy atom. The number of ether oxygens (including phenoxy) is 2. The first-order valence-electron chi connectivity index (χ1n) is 13.6. The summed E-state index contributed by atoms with van der Waals surface area (Å²) >= 11 is 0. The average molecular weight is 509 g/mol. The molecule has 1 saturated heterocycles. The van der Waals surface area contributed by atoms with Gasteiger partial charge in [-0.3, -0.25) is 9.69 Å². The van der Waals surface area contributed by atoms with Crippen molar-refractivity contribution in [1.82, 2.24) is 30.1 Å². The van der Waals surface area contributed by atoms with Crippen LogP contribution in [-0.4, -0.2) is 57.4 Å². The number of aromatic amines is 1. The van der Waals surface area contributed by atoms with Gasteiger partial charge in [0, 0.05) is 23.6 Å². The zero-order valence-corrected chi connectivity index (χ0v) is 22.8. The topological polar surface area (TPSA) is 98.2 Å². The predicted molar refractivity (Wildman–Crippen MR) is 143 cm³/mol. The molecule has 2 fully saturated rings. The number of fused-ring (bicyclic) bond motifs is 1. The second-order valence-corrected chi connectivity index (χ2v) is 11.5. The van der Waals surface area contributed by atoms with Crippen molar-refractivity contribution in [3.63, 3.8) is 0 Å². The van der Waals surface area contributed by atoms with Crippen LogP contribution in [0.1, 0.15) is 89.6 Å². The highest BCUT2D eigenvalue weighted by Crippen LogP contribution is 2.46. The summed E-state index contributed by atoms with van der Waals surface area (Å²) in [6, 6.07) is 5.38. The third kappa shape index (κ3) is 4.74. The van der Waals surface area contributed by atoms with Gasteiger partial charge in [-0.1, -0.05) is 26.2 Å². The number of piperidine rings is 1. The lowest BCUT2D eigenvalue weighted by Gasteiger charge is -2.47. The van der Waals surface area contributed by atoms with Crippen LogP contribution in [0, 0.1) is 5.41 Å². The summed E-state index contributed by atoms with van der Waals surface area (Å²) in [7, 11) is 3.22. The van der Waals surface area contributed by atoms with Crippen LogP contribution < -0.4 is 15.0 Å². The smallest absolute Gasteiger partial charge is 0.253 e. The Morgan fingerprint density at radius 1 is 1.05 bits per heavy atom. The minimum Gasteiger partial charge on any atom is -0.493 e. The van der Waals surface area contributed by atoms with Gasteiger partial charge >= 0.3 is 0 Å². The summed E-state index contributed by atoms with van der Waals surface area (Å²) in [4.78, 5) is 19.3. The molecule has 0 unspecified atom stereocenters. The average Bonchev–Trinajstić information content (AvgIpc) is 3.39. The van der Waals surface area contributed by atoms with Crippen molar-refractivity contribution in [2.75, 3.05) is 27.3 Å². The molecule has 9 nitrogen and oxygen atoms in total. The molecule has 0 amide bonds. The van der Waals surface area contributed by atoms with Crippen LogP contribution in [0.2, 0.25) is 0 Å². The van der Waals surface area contributed by atoms with E-state index in [1.54, 1.807) is 14.2 Å². The van der Waals surface area contributed by atoms with E-state index in [4.69, 9.17) is 9.47 Å². The number of likely N-dealkylation sites (tertiary alicyclic amines) is 1. The van der Waals surface area contributed by atoms with Crippen LogP contribution in [0.25, 0.3) is 10.9 Å². The molecule has 1 atom stereocenters. The minimum atomic E-state index is -0.346. The number of aromatic nitrogens is 5. The Kier molecular flexibility index (Phi) is 7.00. The van der Waals surface area contributed by atoms with Crippen molar-refractivity contribution in [2.24, 2.45) is 5.41 Å². The van der Waals surface area contributed by atoms with E-state index in [9.17, 15) is 4.79 Å². The van der Waals surface area contributed by atoms with E-state index >= 15 is 0 Å². The van der Waals surface area contributed by atoms with E-state index in [1.165, 1.54) is 38.5 Å². The van der Waals surface area contributed by atoms with Crippen LogP contribution >= 0.6 is 0 Å². The number of pyridine rings is 1. The summed E-state index contributed by atoms with van der Waals surface area (Å²) in [5, 5.41) is 14.0. The number of hydrogen-bond acceptors (Lipinski definition) is 7. The molecule has 1 aromatic carbocycles. The lowest BCUT2D eigenvalue weighted by atomic mass is 9.69. The van der Waals surface area contributed by atoms with Crippen molar-refractivity contribution in [2.45, 2.75) is 83.7 Å². The summed E-state index contributed by atoms with van der Waals surface area (Å²) in [6.45, 7) is 8.30. The third-order valence-electron chi connectivity index (χ3n) is 8.82. The number of rotatable bonds is 7. The van der Waals surface area contributed by atoms with Gasteiger partial charge in [0.2, 0.25) is 0 Å². The lowest BCUT2D eigenvalue weighted by Crippen LogP contribution is -2.48. The standard InChI is InChI=1S/C28H40N6O3/c1-6-27(2,3)34-25(30-31-32-34)24(33-14-10-13-28(18-33)11-8-7-9-12-28)20-15-19-16-22(36-4)23(37-5)17-21(19)29-26(20)35/h15-17,24H,6-14,18H2,1-5H3,(H,29,35)/t24-/m0/s1. The largest absolute Gasteiger partial charge is 0.493 e. The lowest BCUT2D eigenvalue weighted by molar-refractivity contribution is 0.0326. The number of benzene rings is 1. The summed E-state index contributed by atoms with van der Waals surface area (Å²) in [5.41, 5.74) is 1.27. The predicted octanol–water partition coefficient (Wildman–Crippen LogP) is 4.81. The molecule has 9 heteroatoms. The molecule has 0 radical (unpaired) electrons. The summed E-state index contributed by atoms with van der Waals surface area (Å²) < 4.78 is 12.9. The van der Waals surface area contributed by atoms with Gasteiger partial charge in [0.25, 0.3) is 5.56 Å². The molecule has 2 aromatic heterocycles. The van der Waals surface area contributed by atoms with Crippen LogP contribution in [0.4, 0.5) is 0 Å². The van der Waals surface area contributed by atoms with E-state index in [0.29, 0.717) is 28.0 Å². The normalized spacial score (nSPS) is 19.3. The summed E-state index contributed by atoms with van der Waals surface area (Å²) in [5.74, 6) is 1.93. The molecule has 1 aliphatic carbocycles. The van der Waals surface area contributed by atoms with Gasteiger partial charge < -0.3 is 14.5 Å². The second-order valence-electron chi connectivity index (χ2n) is 11.5. The number of methoxy groups -OCH3 is 2. The molecule has 3 aromatic rings. The Hall–Kier alpha value is -2.94. The highest BCUT2D eigenvalue weighted by molar-refractivity contribution is 5.83. The van der Waals surface area contributed by atoms with E-state index in [0.717, 1.165) is 37.1 Å². The maximum Gasteiger partial charge on any atom is 0.253 e. The first kappa shape index (κ1) is 25.7. The molecular weight excluding hydrogens is 468 g/mol. The van der Waals surface area contributed by atoms with E-state index < -0.39 is 0 Å². The zero-order valence-electron chi connectivity index (χ0n) is 22.8. The van der Waals surface area contributed by atoms with Crippen molar-refractivity contribution in [1.29, 1.82) is 0 Å². The van der Waals surface area contributed by atoms with Gasteiger partial charge in [0.15, 0.2) is 17.3 Å². The molecule has 5 rings (SSSR count). The van der Waals surface area contributed by atoms with Gasteiger partial charge in [-0.15, -0.1) is 5.10 Å². The highest BCUT2D eigenvalue weighted by Gasteiger charge is 2.42. The Balaban J connectivity index is 1.67. The van der Waals surface area contributed by atoms with E-state index in [-0.39, 0.29) is 17.1 Å². The minimum absolute atomic E-state index is 0.128. The molecule has 2 aliphatic rings. The van der Waals surface area contributed by atoms with E-state index in [1.807, 2.05) is 22.9 Å². The molecule has 1 aliphatic heterocycles. The van der Waals surface area contributed by atoms with Gasteiger partial charge in [-0.2, -0.15) is 0 Å². The maximum atomic E-state index is 13.7. The number of hydrogen-bond donors (Lipinski definition) is 1. The molecule has 1 saturated carbocycles. The molecular formula is C28H40N6O3. The van der Waals surface area contributed by atoms with Gasteiger partial charge in [0.1, 0.15) is 6.04 Å². The van der Waals surface area contributed by atoms with Crippen molar-refractivity contribution in [3.8, 4) is 11.5 Å². The Bertz CT molecular complexity index is 1300. The van der Waals surface area contributed by atoms with Crippen molar-refractivity contribution in [3.05, 3.63) is 39.9 Å². The molecule has 200 valence electrons. The van der Waals surface area contributed by atoms with Crippen molar-refractivity contribution >= 4 is 10.9 Å². The quantitative estimate of drug-likeness (QED) is 0.489. The molecule has 1 spiro atoms. The highest BCUT2D eigenvalue weighted by atomic mass is 16.5. The second kappa shape index (κ2) is 10.1. The van der Waals surface area contributed by atoms with Crippen LogP contribution in [-0.2, 0) is 5.54 Å². The Labute approximate surface area is 218 Å². The number of tetrazole rings is 1. The zero-order chi connectivity index (χ0) is 26.2. The molecule has 3 heterocycles. The van der Waals surface area contributed by atoms with E-state index in [2.05, 4.69) is 46.2 Å². The molecule has 1 N–H and O–H groups in total. The molecule has 0 bridgehead atoms. The van der Waals surface area contributed by atoms with Gasteiger partial charge in [-0.25, -0.2) is 4.68 Å².